The Morgan fingerprint density at radius 2 is 1.60 bits per heavy atom. The maximum atomic E-state index is 10.5. The van der Waals surface area contributed by atoms with Gasteiger partial charge in [-0.1, -0.05) is 48.0 Å². The summed E-state index contributed by atoms with van der Waals surface area (Å²) < 4.78 is 22.7. The second-order valence-electron chi connectivity index (χ2n) is 15.4. The molecule has 3 heterocycles. The van der Waals surface area contributed by atoms with E-state index >= 15 is 0 Å². The van der Waals surface area contributed by atoms with Crippen LogP contribution in [0.3, 0.4) is 0 Å². The molecule has 0 amide bonds. The van der Waals surface area contributed by atoms with Gasteiger partial charge in [0.2, 0.25) is 0 Å². The van der Waals surface area contributed by atoms with Crippen molar-refractivity contribution in [1.82, 2.24) is 19.5 Å². The van der Waals surface area contributed by atoms with Crippen molar-refractivity contribution in [3.05, 3.63) is 12.7 Å². The molecule has 0 unspecified atom stereocenters. The Hall–Kier alpha value is -1.38. The minimum Gasteiger partial charge on any atom is -0.408 e. The number of rotatable bonds is 8. The largest absolute Gasteiger partial charge is 0.408 e. The standard InChI is InChI=1S/C29H51N5O4Si2/c1-28(2,3)39(7,8)37-23-21(15-35)36-27(24(23)38-40(9,10)29(4,5)6)34-17-32-22-25(30-16-31-26(22)34)33-20-14-18-11-12-19(20)13-18/h16-21,23-24,27,35H,11-15H2,1-10H3,(H,30,31,33)/t18-,19+,20-,21-,23-,24-,27-/m1/s1. The Kier molecular flexibility index (Phi) is 7.83. The first-order valence-electron chi connectivity index (χ1n) is 15.1. The Bertz CT molecular complexity index is 1210. The number of nitrogens with zero attached hydrogens (tertiary/aromatic N) is 4. The van der Waals surface area contributed by atoms with Gasteiger partial charge in [-0.25, -0.2) is 15.0 Å². The molecule has 0 radical (unpaired) electrons. The van der Waals surface area contributed by atoms with Crippen molar-refractivity contribution >= 4 is 33.6 Å². The molecule has 2 saturated carbocycles. The molecule has 3 fully saturated rings. The molecule has 7 atom stereocenters. The molecule has 0 spiro atoms. The third-order valence-corrected chi connectivity index (χ3v) is 19.6. The summed E-state index contributed by atoms with van der Waals surface area (Å²) in [7, 11) is -4.46. The van der Waals surface area contributed by atoms with Crippen LogP contribution in [0.1, 0.15) is 73.5 Å². The lowest BCUT2D eigenvalue weighted by atomic mass is 9.95. The highest BCUT2D eigenvalue weighted by Gasteiger charge is 2.54. The van der Waals surface area contributed by atoms with Crippen molar-refractivity contribution in [2.24, 2.45) is 11.8 Å². The molecule has 9 nitrogen and oxygen atoms in total. The number of aliphatic hydroxyl groups excluding tert-OH is 1. The van der Waals surface area contributed by atoms with Gasteiger partial charge < -0.3 is 24.0 Å². The van der Waals surface area contributed by atoms with E-state index in [1.807, 2.05) is 4.57 Å². The summed E-state index contributed by atoms with van der Waals surface area (Å²) >= 11 is 0. The van der Waals surface area contributed by atoms with Crippen molar-refractivity contribution < 1.29 is 18.7 Å². The molecule has 5 rings (SSSR count). The van der Waals surface area contributed by atoms with E-state index in [9.17, 15) is 5.11 Å². The molecule has 2 aromatic rings. The van der Waals surface area contributed by atoms with Gasteiger partial charge in [-0.15, -0.1) is 0 Å². The Morgan fingerprint density at radius 1 is 0.950 bits per heavy atom. The third-order valence-electron chi connectivity index (χ3n) is 10.6. The average molecular weight is 590 g/mol. The third kappa shape index (κ3) is 5.42. The van der Waals surface area contributed by atoms with Gasteiger partial charge in [0, 0.05) is 6.04 Å². The summed E-state index contributed by atoms with van der Waals surface area (Å²) in [6.07, 6.45) is 6.72. The zero-order valence-electron chi connectivity index (χ0n) is 26.2. The van der Waals surface area contributed by atoms with Crippen molar-refractivity contribution in [1.29, 1.82) is 0 Å². The lowest BCUT2D eigenvalue weighted by molar-refractivity contribution is -0.0491. The minimum absolute atomic E-state index is 0.00178. The Morgan fingerprint density at radius 3 is 2.15 bits per heavy atom. The molecule has 2 N–H and O–H groups in total. The summed E-state index contributed by atoms with van der Waals surface area (Å²) in [6, 6.07) is 0.445. The molecule has 0 aromatic carbocycles. The highest BCUT2D eigenvalue weighted by atomic mass is 28.4. The van der Waals surface area contributed by atoms with Gasteiger partial charge in [0.25, 0.3) is 0 Å². The molecular formula is C29H51N5O4Si2. The lowest BCUT2D eigenvalue weighted by Crippen LogP contribution is -2.53. The van der Waals surface area contributed by atoms with Crippen molar-refractivity contribution in [3.63, 3.8) is 0 Å². The van der Waals surface area contributed by atoms with Gasteiger partial charge in [-0.2, -0.15) is 0 Å². The molecule has 224 valence electrons. The SMILES string of the molecule is CC(C)(C)[Si](C)(C)O[C@@H]1[C@H](O[Si](C)(C)C(C)(C)C)[C@@H](CO)O[C@H]1n1cnc2c(N[C@@H]3C[C@@H]4CC[C@H]3C4)ncnc21. The van der Waals surface area contributed by atoms with E-state index in [1.54, 1.807) is 12.7 Å². The highest BCUT2D eigenvalue weighted by molar-refractivity contribution is 6.74. The van der Waals surface area contributed by atoms with Crippen LogP contribution in [0.5, 0.6) is 0 Å². The number of nitrogens with one attached hydrogen (secondary N) is 1. The zero-order valence-corrected chi connectivity index (χ0v) is 28.2. The number of fused-ring (bicyclic) bond motifs is 3. The molecular weight excluding hydrogens is 539 g/mol. The van der Waals surface area contributed by atoms with E-state index in [-0.39, 0.29) is 16.7 Å². The van der Waals surface area contributed by atoms with Crippen LogP contribution in [0, 0.1) is 11.8 Å². The van der Waals surface area contributed by atoms with E-state index in [2.05, 4.69) is 83.0 Å². The Balaban J connectivity index is 1.51. The van der Waals surface area contributed by atoms with Crippen LogP contribution in [0.2, 0.25) is 36.3 Å². The fourth-order valence-electron chi connectivity index (χ4n) is 6.12. The second-order valence-corrected chi connectivity index (χ2v) is 24.9. The fraction of sp³-hybridized carbons (Fsp3) is 0.828. The summed E-state index contributed by atoms with van der Waals surface area (Å²) in [5.41, 5.74) is 1.45. The van der Waals surface area contributed by atoms with Crippen LogP contribution in [0.15, 0.2) is 12.7 Å². The van der Waals surface area contributed by atoms with E-state index in [0.717, 1.165) is 23.2 Å². The van der Waals surface area contributed by atoms with Crippen molar-refractivity contribution in [3.8, 4) is 0 Å². The van der Waals surface area contributed by atoms with E-state index in [0.29, 0.717) is 11.7 Å². The predicted molar refractivity (Wildman–Crippen MR) is 163 cm³/mol. The number of hydrogen-bond donors (Lipinski definition) is 2. The van der Waals surface area contributed by atoms with Gasteiger partial charge in [0.1, 0.15) is 24.6 Å². The molecule has 2 aliphatic carbocycles. The molecule has 40 heavy (non-hydrogen) atoms. The number of ether oxygens (including phenoxy) is 1. The maximum Gasteiger partial charge on any atom is 0.192 e. The maximum absolute atomic E-state index is 10.5. The van der Waals surface area contributed by atoms with Crippen LogP contribution < -0.4 is 5.32 Å². The normalized spacial score (nSPS) is 31.4. The van der Waals surface area contributed by atoms with Crippen LogP contribution in [0.4, 0.5) is 5.82 Å². The quantitative estimate of drug-likeness (QED) is 0.356. The summed E-state index contributed by atoms with van der Waals surface area (Å²) in [5.74, 6) is 2.34. The average Bonchev–Trinajstić information content (AvgIpc) is 3.62. The summed E-state index contributed by atoms with van der Waals surface area (Å²) in [4.78, 5) is 14.1. The molecule has 11 heteroatoms. The number of imidazole rings is 1. The smallest absolute Gasteiger partial charge is 0.192 e. The molecule has 2 aromatic heterocycles. The van der Waals surface area contributed by atoms with Gasteiger partial charge >= 0.3 is 0 Å². The monoisotopic (exact) mass is 589 g/mol. The van der Waals surface area contributed by atoms with Crippen LogP contribution in [-0.2, 0) is 13.6 Å². The lowest BCUT2D eigenvalue weighted by Gasteiger charge is -2.44. The van der Waals surface area contributed by atoms with E-state index in [1.165, 1.54) is 25.7 Å². The molecule has 1 aliphatic heterocycles. The fourth-order valence-corrected chi connectivity index (χ4v) is 8.73. The highest BCUT2D eigenvalue weighted by Crippen LogP contribution is 2.47. The minimum atomic E-state index is -2.25. The number of hydrogen-bond acceptors (Lipinski definition) is 8. The molecule has 2 bridgehead atoms. The van der Waals surface area contributed by atoms with Crippen LogP contribution in [-0.4, -0.2) is 72.2 Å². The number of aromatic nitrogens is 4. The van der Waals surface area contributed by atoms with Gasteiger partial charge in [-0.3, -0.25) is 4.57 Å². The van der Waals surface area contributed by atoms with Crippen molar-refractivity contribution in [2.75, 3.05) is 11.9 Å². The van der Waals surface area contributed by atoms with Crippen LogP contribution in [0.25, 0.3) is 11.2 Å². The van der Waals surface area contributed by atoms with Gasteiger partial charge in [-0.05, 0) is 67.4 Å². The van der Waals surface area contributed by atoms with Gasteiger partial charge in [0.15, 0.2) is 39.8 Å². The second kappa shape index (κ2) is 10.4. The Labute approximate surface area is 242 Å². The van der Waals surface area contributed by atoms with E-state index < -0.39 is 41.2 Å². The summed E-state index contributed by atoms with van der Waals surface area (Å²) in [6.45, 7) is 22.3. The molecule has 1 saturated heterocycles. The van der Waals surface area contributed by atoms with Crippen LogP contribution >= 0.6 is 0 Å². The topological polar surface area (TPSA) is 104 Å². The van der Waals surface area contributed by atoms with E-state index in [4.69, 9.17) is 18.6 Å². The first-order chi connectivity index (χ1) is 18.5. The molecule has 3 aliphatic rings. The summed E-state index contributed by atoms with van der Waals surface area (Å²) in [5, 5.41) is 14.2. The predicted octanol–water partition coefficient (Wildman–Crippen LogP) is 6.10. The zero-order chi connectivity index (χ0) is 29.3. The van der Waals surface area contributed by atoms with Crippen molar-refractivity contribution in [2.45, 2.75) is 134 Å². The number of aliphatic hydroxyl groups is 1. The first-order valence-corrected chi connectivity index (χ1v) is 20.9. The first kappa shape index (κ1) is 30.1. The number of anilines is 1. The van der Waals surface area contributed by atoms with Gasteiger partial charge in [0.05, 0.1) is 12.9 Å².